The highest BCUT2D eigenvalue weighted by molar-refractivity contribution is 7.84. The van der Waals surface area contributed by atoms with Gasteiger partial charge in [-0.3, -0.25) is 0 Å². The summed E-state index contributed by atoms with van der Waals surface area (Å²) in [7, 11) is -1.58. The van der Waals surface area contributed by atoms with Crippen LogP contribution in [0.4, 0.5) is 13.2 Å². The van der Waals surface area contributed by atoms with Gasteiger partial charge in [0.05, 0.1) is 44.1 Å². The standard InChI is InChI=1S/C18H17ClF3N3OS/c1-17(2,3)27(26)25-15(12-6-4-11(10-23)5-7-12)14-9-8-13(19)16(24-14)18(20,21)22/h4-9,15,25H,1-3H3/t15?,27-/m1/s1. The van der Waals surface area contributed by atoms with Crippen molar-refractivity contribution in [2.45, 2.75) is 37.7 Å². The van der Waals surface area contributed by atoms with Gasteiger partial charge >= 0.3 is 6.18 Å². The van der Waals surface area contributed by atoms with Crippen LogP contribution < -0.4 is 4.72 Å². The first-order chi connectivity index (χ1) is 12.4. The van der Waals surface area contributed by atoms with E-state index in [1.54, 1.807) is 32.9 Å². The molecule has 0 radical (unpaired) electrons. The van der Waals surface area contributed by atoms with E-state index in [2.05, 4.69) is 9.71 Å². The van der Waals surface area contributed by atoms with E-state index in [-0.39, 0.29) is 5.69 Å². The normalized spacial score (nSPS) is 14.4. The van der Waals surface area contributed by atoms with Gasteiger partial charge in [-0.25, -0.2) is 13.9 Å². The van der Waals surface area contributed by atoms with E-state index in [9.17, 15) is 17.4 Å². The Morgan fingerprint density at radius 2 is 1.74 bits per heavy atom. The molecule has 1 unspecified atom stereocenters. The zero-order chi connectivity index (χ0) is 20.4. The predicted molar refractivity (Wildman–Crippen MR) is 98.3 cm³/mol. The largest absolute Gasteiger partial charge is 0.434 e. The van der Waals surface area contributed by atoms with Crippen LogP contribution in [0.2, 0.25) is 5.02 Å². The quantitative estimate of drug-likeness (QED) is 0.782. The van der Waals surface area contributed by atoms with Crippen molar-refractivity contribution < 1.29 is 17.4 Å². The monoisotopic (exact) mass is 415 g/mol. The second kappa shape index (κ2) is 7.97. The third-order valence-electron chi connectivity index (χ3n) is 3.59. The van der Waals surface area contributed by atoms with E-state index in [4.69, 9.17) is 16.9 Å². The summed E-state index contributed by atoms with van der Waals surface area (Å²) >= 11 is 5.65. The van der Waals surface area contributed by atoms with Crippen molar-refractivity contribution in [3.8, 4) is 6.07 Å². The number of rotatable bonds is 4. The summed E-state index contributed by atoms with van der Waals surface area (Å²) in [5, 5.41) is 8.41. The molecule has 27 heavy (non-hydrogen) atoms. The Hall–Kier alpha value is -1.95. The number of hydrogen-bond acceptors (Lipinski definition) is 3. The maximum absolute atomic E-state index is 13.2. The molecule has 1 N–H and O–H groups in total. The van der Waals surface area contributed by atoms with E-state index in [1.165, 1.54) is 18.2 Å². The molecule has 2 rings (SSSR count). The summed E-state index contributed by atoms with van der Waals surface area (Å²) < 4.78 is 54.3. The summed E-state index contributed by atoms with van der Waals surface area (Å²) in [6.07, 6.45) is -4.72. The minimum atomic E-state index is -4.72. The van der Waals surface area contributed by atoms with Gasteiger partial charge in [-0.1, -0.05) is 23.7 Å². The number of alkyl halides is 3. The molecule has 0 aliphatic rings. The maximum atomic E-state index is 13.2. The second-order valence-corrected chi connectivity index (χ2v) is 9.14. The van der Waals surface area contributed by atoms with Crippen LogP contribution in [-0.4, -0.2) is 13.9 Å². The van der Waals surface area contributed by atoms with Gasteiger partial charge < -0.3 is 0 Å². The van der Waals surface area contributed by atoms with Gasteiger partial charge in [0.25, 0.3) is 0 Å². The van der Waals surface area contributed by atoms with Gasteiger partial charge in [0, 0.05) is 0 Å². The van der Waals surface area contributed by atoms with Crippen molar-refractivity contribution in [2.75, 3.05) is 0 Å². The molecule has 0 bridgehead atoms. The van der Waals surface area contributed by atoms with Crippen molar-refractivity contribution in [2.24, 2.45) is 0 Å². The van der Waals surface area contributed by atoms with E-state index in [0.717, 1.165) is 6.07 Å². The summed E-state index contributed by atoms with van der Waals surface area (Å²) in [6.45, 7) is 5.22. The molecular weight excluding hydrogens is 399 g/mol. The molecule has 0 spiro atoms. The van der Waals surface area contributed by atoms with Gasteiger partial charge in [0.1, 0.15) is 0 Å². The molecule has 0 aliphatic carbocycles. The van der Waals surface area contributed by atoms with Gasteiger partial charge in [0.2, 0.25) is 0 Å². The number of nitrogens with zero attached hydrogens (tertiary/aromatic N) is 2. The number of nitrogens with one attached hydrogen (secondary N) is 1. The average molecular weight is 416 g/mol. The van der Waals surface area contributed by atoms with Gasteiger partial charge in [0.15, 0.2) is 5.69 Å². The first-order valence-corrected chi connectivity index (χ1v) is 9.38. The molecular formula is C18H17ClF3N3OS. The summed E-state index contributed by atoms with van der Waals surface area (Å²) in [6, 6.07) is 9.79. The lowest BCUT2D eigenvalue weighted by Gasteiger charge is -2.25. The molecule has 2 atom stereocenters. The molecule has 144 valence electrons. The molecule has 0 fully saturated rings. The second-order valence-electron chi connectivity index (χ2n) is 6.73. The van der Waals surface area contributed by atoms with E-state index < -0.39 is 38.7 Å². The lowest BCUT2D eigenvalue weighted by molar-refractivity contribution is -0.141. The number of halogens is 4. The Balaban J connectivity index is 2.55. The highest BCUT2D eigenvalue weighted by Gasteiger charge is 2.36. The average Bonchev–Trinajstić information content (AvgIpc) is 2.58. The van der Waals surface area contributed by atoms with Crippen LogP contribution in [0.1, 0.15) is 49.3 Å². The van der Waals surface area contributed by atoms with Crippen LogP contribution >= 0.6 is 11.6 Å². The molecule has 9 heteroatoms. The van der Waals surface area contributed by atoms with Crippen molar-refractivity contribution in [3.05, 3.63) is 63.9 Å². The van der Waals surface area contributed by atoms with Gasteiger partial charge in [-0.15, -0.1) is 0 Å². The zero-order valence-corrected chi connectivity index (χ0v) is 16.3. The third kappa shape index (κ3) is 5.28. The van der Waals surface area contributed by atoms with Crippen molar-refractivity contribution in [1.29, 1.82) is 5.26 Å². The molecule has 2 aromatic rings. The van der Waals surface area contributed by atoms with Crippen LogP contribution in [0.25, 0.3) is 0 Å². The van der Waals surface area contributed by atoms with Crippen LogP contribution in [0.3, 0.4) is 0 Å². The fourth-order valence-corrected chi connectivity index (χ4v) is 3.19. The number of benzene rings is 1. The smallest absolute Gasteiger partial charge is 0.245 e. The Morgan fingerprint density at radius 3 is 2.22 bits per heavy atom. The van der Waals surface area contributed by atoms with Gasteiger partial charge in [-0.05, 0) is 50.6 Å². The molecule has 0 amide bonds. The van der Waals surface area contributed by atoms with E-state index in [0.29, 0.717) is 11.1 Å². The van der Waals surface area contributed by atoms with Crippen molar-refractivity contribution in [3.63, 3.8) is 0 Å². The summed E-state index contributed by atoms with van der Waals surface area (Å²) in [5.74, 6) is 0. The van der Waals surface area contributed by atoms with E-state index >= 15 is 0 Å². The molecule has 0 saturated heterocycles. The lowest BCUT2D eigenvalue weighted by Crippen LogP contribution is -2.36. The third-order valence-corrected chi connectivity index (χ3v) is 5.45. The SMILES string of the molecule is CC(C)(C)[S@@](=O)NC(c1ccc(C#N)cc1)c1ccc(Cl)c(C(F)(F)F)n1. The summed E-state index contributed by atoms with van der Waals surface area (Å²) in [5.41, 5.74) is -0.262. The number of nitriles is 1. The Labute approximate surface area is 163 Å². The predicted octanol–water partition coefficient (Wildman–Crippen LogP) is 4.77. The molecule has 4 nitrogen and oxygen atoms in total. The number of pyridine rings is 1. The van der Waals surface area contributed by atoms with Crippen molar-refractivity contribution >= 4 is 22.6 Å². The molecule has 1 heterocycles. The number of aromatic nitrogens is 1. The Morgan fingerprint density at radius 1 is 1.15 bits per heavy atom. The summed E-state index contributed by atoms with van der Waals surface area (Å²) in [4.78, 5) is 3.68. The minimum Gasteiger partial charge on any atom is -0.245 e. The molecule has 0 aliphatic heterocycles. The molecule has 0 saturated carbocycles. The van der Waals surface area contributed by atoms with Crippen LogP contribution in [0.15, 0.2) is 36.4 Å². The fraction of sp³-hybridized carbons (Fsp3) is 0.333. The van der Waals surface area contributed by atoms with Crippen LogP contribution in [0.5, 0.6) is 0 Å². The maximum Gasteiger partial charge on any atom is 0.434 e. The Bertz CT molecular complexity index is 887. The van der Waals surface area contributed by atoms with E-state index in [1.807, 2.05) is 6.07 Å². The lowest BCUT2D eigenvalue weighted by atomic mass is 10.0. The highest BCUT2D eigenvalue weighted by atomic mass is 35.5. The van der Waals surface area contributed by atoms with Crippen LogP contribution in [0, 0.1) is 11.3 Å². The molecule has 1 aromatic heterocycles. The molecule has 1 aromatic carbocycles. The first-order valence-electron chi connectivity index (χ1n) is 7.85. The first kappa shape index (κ1) is 21.4. The Kier molecular flexibility index (Phi) is 6.30. The van der Waals surface area contributed by atoms with Crippen molar-refractivity contribution in [1.82, 2.24) is 9.71 Å². The number of hydrogen-bond donors (Lipinski definition) is 1. The van der Waals surface area contributed by atoms with Crippen LogP contribution in [-0.2, 0) is 17.2 Å². The minimum absolute atomic E-state index is 0.0223. The fourth-order valence-electron chi connectivity index (χ4n) is 2.15. The van der Waals surface area contributed by atoms with Gasteiger partial charge in [-0.2, -0.15) is 18.4 Å². The highest BCUT2D eigenvalue weighted by Crippen LogP contribution is 2.35. The zero-order valence-electron chi connectivity index (χ0n) is 14.8. The topological polar surface area (TPSA) is 65.8 Å².